The third-order valence-electron chi connectivity index (χ3n) is 2.83. The molecule has 0 aliphatic carbocycles. The van der Waals surface area contributed by atoms with Crippen LogP contribution < -0.4 is 4.90 Å². The molecule has 92 valence electrons. The van der Waals surface area contributed by atoms with Crippen LogP contribution in [0.5, 0.6) is 0 Å². The van der Waals surface area contributed by atoms with Gasteiger partial charge in [0, 0.05) is 24.1 Å². The highest BCUT2D eigenvalue weighted by Crippen LogP contribution is 2.15. The molecule has 0 bridgehead atoms. The van der Waals surface area contributed by atoms with Crippen LogP contribution in [0.3, 0.4) is 0 Å². The second-order valence-corrected chi connectivity index (χ2v) is 4.37. The van der Waals surface area contributed by atoms with E-state index in [1.54, 1.807) is 11.9 Å². The van der Waals surface area contributed by atoms with E-state index in [4.69, 9.17) is 0 Å². The highest BCUT2D eigenvalue weighted by Gasteiger charge is 2.12. The number of amides is 1. The first-order valence-corrected chi connectivity index (χ1v) is 6.38. The lowest BCUT2D eigenvalue weighted by atomic mass is 10.1. The van der Waals surface area contributed by atoms with E-state index in [0.717, 1.165) is 11.3 Å². The summed E-state index contributed by atoms with van der Waals surface area (Å²) in [6.07, 6.45) is 0. The highest BCUT2D eigenvalue weighted by atomic mass is 32.1. The van der Waals surface area contributed by atoms with E-state index in [2.05, 4.69) is 12.6 Å². The third kappa shape index (κ3) is 2.74. The smallest absolute Gasteiger partial charge is 0.258 e. The maximum Gasteiger partial charge on any atom is 0.258 e. The molecule has 0 unspecified atom stereocenters. The Bertz CT molecular complexity index is 522. The number of thiol groups is 1. The minimum Gasteiger partial charge on any atom is -0.311 e. The first-order valence-electron chi connectivity index (χ1n) is 5.75. The molecular weight excluding hydrogens is 242 g/mol. The second-order valence-electron chi connectivity index (χ2n) is 4.05. The summed E-state index contributed by atoms with van der Waals surface area (Å²) in [6.45, 7) is 0. The molecule has 0 spiro atoms. The first-order chi connectivity index (χ1) is 8.72. The third-order valence-corrected chi connectivity index (χ3v) is 3.20. The maximum absolute atomic E-state index is 12.3. The van der Waals surface area contributed by atoms with Gasteiger partial charge in [0.25, 0.3) is 5.91 Å². The molecule has 0 aromatic heterocycles. The van der Waals surface area contributed by atoms with Gasteiger partial charge < -0.3 is 4.90 Å². The standard InChI is InChI=1S/C15H15NOS/c1-16(14-5-3-2-4-6-14)15(17)13-9-7-12(11-18)8-10-13/h2-10,18H,11H2,1H3. The summed E-state index contributed by atoms with van der Waals surface area (Å²) in [7, 11) is 1.78. The zero-order chi connectivity index (χ0) is 13.0. The van der Waals surface area contributed by atoms with E-state index in [-0.39, 0.29) is 5.91 Å². The molecular formula is C15H15NOS. The van der Waals surface area contributed by atoms with Gasteiger partial charge in [-0.15, -0.1) is 0 Å². The van der Waals surface area contributed by atoms with E-state index in [0.29, 0.717) is 11.3 Å². The van der Waals surface area contributed by atoms with Crippen molar-refractivity contribution >= 4 is 24.2 Å². The fraction of sp³-hybridized carbons (Fsp3) is 0.133. The fourth-order valence-corrected chi connectivity index (χ4v) is 1.93. The van der Waals surface area contributed by atoms with Gasteiger partial charge in [0.1, 0.15) is 0 Å². The zero-order valence-electron chi connectivity index (χ0n) is 10.2. The predicted octanol–water partition coefficient (Wildman–Crippen LogP) is 3.39. The van der Waals surface area contributed by atoms with Crippen LogP contribution in [0.1, 0.15) is 15.9 Å². The topological polar surface area (TPSA) is 20.3 Å². The van der Waals surface area contributed by atoms with Gasteiger partial charge in [0.15, 0.2) is 0 Å². The van der Waals surface area contributed by atoms with Crippen molar-refractivity contribution in [1.29, 1.82) is 0 Å². The Kier molecular flexibility index (Phi) is 4.05. The molecule has 2 nitrogen and oxygen atoms in total. The molecule has 3 heteroatoms. The molecule has 0 aliphatic heterocycles. The number of nitrogens with zero attached hydrogens (tertiary/aromatic N) is 1. The van der Waals surface area contributed by atoms with Crippen LogP contribution in [0.25, 0.3) is 0 Å². The minimum atomic E-state index is -0.00749. The van der Waals surface area contributed by atoms with E-state index < -0.39 is 0 Å². The molecule has 2 rings (SSSR count). The molecule has 0 N–H and O–H groups in total. The normalized spacial score (nSPS) is 10.1. The number of rotatable bonds is 3. The number of hydrogen-bond donors (Lipinski definition) is 1. The predicted molar refractivity (Wildman–Crippen MR) is 78.3 cm³/mol. The van der Waals surface area contributed by atoms with Crippen molar-refractivity contribution in [3.63, 3.8) is 0 Å². The molecule has 0 aliphatic rings. The summed E-state index contributed by atoms with van der Waals surface area (Å²) in [5.74, 6) is 0.676. The quantitative estimate of drug-likeness (QED) is 0.836. The van der Waals surface area contributed by atoms with E-state index in [1.165, 1.54) is 0 Å². The van der Waals surface area contributed by atoms with Crippen LogP contribution in [0, 0.1) is 0 Å². The molecule has 0 radical (unpaired) electrons. The van der Waals surface area contributed by atoms with Gasteiger partial charge in [-0.05, 0) is 29.8 Å². The van der Waals surface area contributed by atoms with E-state index >= 15 is 0 Å². The van der Waals surface area contributed by atoms with Gasteiger partial charge in [-0.3, -0.25) is 4.79 Å². The van der Waals surface area contributed by atoms with Crippen LogP contribution in [0.15, 0.2) is 54.6 Å². The molecule has 1 amide bonds. The van der Waals surface area contributed by atoms with Crippen LogP contribution in [-0.2, 0) is 5.75 Å². The summed E-state index contributed by atoms with van der Waals surface area (Å²) in [5.41, 5.74) is 2.69. The Hall–Kier alpha value is -1.74. The van der Waals surface area contributed by atoms with E-state index in [9.17, 15) is 4.79 Å². The average molecular weight is 257 g/mol. The molecule has 0 saturated carbocycles. The lowest BCUT2D eigenvalue weighted by Gasteiger charge is -2.17. The Morgan fingerprint density at radius 3 is 2.22 bits per heavy atom. The maximum atomic E-state index is 12.3. The van der Waals surface area contributed by atoms with Crippen LogP contribution in [0.2, 0.25) is 0 Å². The van der Waals surface area contributed by atoms with Crippen molar-refractivity contribution in [3.05, 3.63) is 65.7 Å². The average Bonchev–Trinajstić information content (AvgIpc) is 2.47. The van der Waals surface area contributed by atoms with Gasteiger partial charge >= 0.3 is 0 Å². The number of carbonyl (C=O) groups is 1. The number of benzene rings is 2. The number of para-hydroxylation sites is 1. The molecule has 0 fully saturated rings. The Morgan fingerprint density at radius 1 is 1.06 bits per heavy atom. The SMILES string of the molecule is CN(C(=O)c1ccc(CS)cc1)c1ccccc1. The lowest BCUT2D eigenvalue weighted by Crippen LogP contribution is -2.26. The number of carbonyl (C=O) groups excluding carboxylic acids is 1. The Labute approximate surface area is 113 Å². The fourth-order valence-electron chi connectivity index (χ4n) is 1.72. The van der Waals surface area contributed by atoms with Crippen molar-refractivity contribution in [1.82, 2.24) is 0 Å². The van der Waals surface area contributed by atoms with Crippen LogP contribution >= 0.6 is 12.6 Å². The van der Waals surface area contributed by atoms with Gasteiger partial charge in [-0.25, -0.2) is 0 Å². The molecule has 2 aromatic carbocycles. The molecule has 0 atom stereocenters. The number of anilines is 1. The summed E-state index contributed by atoms with van der Waals surface area (Å²) in [6, 6.07) is 17.1. The molecule has 0 saturated heterocycles. The van der Waals surface area contributed by atoms with Gasteiger partial charge in [-0.2, -0.15) is 12.6 Å². The summed E-state index contributed by atoms with van der Waals surface area (Å²) in [4.78, 5) is 13.9. The highest BCUT2D eigenvalue weighted by molar-refractivity contribution is 7.79. The molecule has 2 aromatic rings. The summed E-state index contributed by atoms with van der Waals surface area (Å²) < 4.78 is 0. The Balaban J connectivity index is 2.20. The van der Waals surface area contributed by atoms with Gasteiger partial charge in [-0.1, -0.05) is 30.3 Å². The first kappa shape index (κ1) is 12.7. The summed E-state index contributed by atoms with van der Waals surface area (Å²) in [5, 5.41) is 0. The minimum absolute atomic E-state index is 0.00749. The van der Waals surface area contributed by atoms with Gasteiger partial charge in [0.05, 0.1) is 0 Å². The zero-order valence-corrected chi connectivity index (χ0v) is 11.1. The number of hydrogen-bond acceptors (Lipinski definition) is 2. The van der Waals surface area contributed by atoms with Crippen molar-refractivity contribution in [3.8, 4) is 0 Å². The lowest BCUT2D eigenvalue weighted by molar-refractivity contribution is 0.0993. The largest absolute Gasteiger partial charge is 0.311 e. The molecule has 0 heterocycles. The van der Waals surface area contributed by atoms with Crippen LogP contribution in [0.4, 0.5) is 5.69 Å². The van der Waals surface area contributed by atoms with Crippen molar-refractivity contribution in [2.75, 3.05) is 11.9 Å². The molecule has 18 heavy (non-hydrogen) atoms. The monoisotopic (exact) mass is 257 g/mol. The second kappa shape index (κ2) is 5.74. The van der Waals surface area contributed by atoms with Crippen molar-refractivity contribution in [2.24, 2.45) is 0 Å². The van der Waals surface area contributed by atoms with Crippen molar-refractivity contribution < 1.29 is 4.79 Å². The van der Waals surface area contributed by atoms with E-state index in [1.807, 2.05) is 54.6 Å². The Morgan fingerprint density at radius 2 is 1.67 bits per heavy atom. The van der Waals surface area contributed by atoms with Crippen molar-refractivity contribution in [2.45, 2.75) is 5.75 Å². The van der Waals surface area contributed by atoms with Gasteiger partial charge in [0.2, 0.25) is 0 Å². The summed E-state index contributed by atoms with van der Waals surface area (Å²) >= 11 is 4.20. The van der Waals surface area contributed by atoms with Crippen LogP contribution in [-0.4, -0.2) is 13.0 Å².